The second-order valence-electron chi connectivity index (χ2n) is 7.60. The van der Waals surface area contributed by atoms with Crippen molar-refractivity contribution in [2.75, 3.05) is 31.1 Å². The number of hydrogen-bond donors (Lipinski definition) is 0. The van der Waals surface area contributed by atoms with E-state index >= 15 is 0 Å². The van der Waals surface area contributed by atoms with Crippen molar-refractivity contribution in [2.45, 2.75) is 6.54 Å². The van der Waals surface area contributed by atoms with Crippen LogP contribution in [0, 0.1) is 11.8 Å². The van der Waals surface area contributed by atoms with Crippen LogP contribution >= 0.6 is 0 Å². The van der Waals surface area contributed by atoms with Gasteiger partial charge in [-0.1, -0.05) is 36.4 Å². The SMILES string of the molecule is c1ccc(CN2C[C@@H]3CN(c4ccc(-c5ccccn5)nn4)C[C@@H]3C2)cc1. The average Bonchev–Trinajstić information content (AvgIpc) is 3.28. The molecule has 2 atom stereocenters. The zero-order chi connectivity index (χ0) is 18.1. The van der Waals surface area contributed by atoms with Gasteiger partial charge in [0.05, 0.1) is 5.69 Å². The molecule has 5 rings (SSSR count). The number of pyridine rings is 1. The van der Waals surface area contributed by atoms with E-state index in [9.17, 15) is 0 Å². The smallest absolute Gasteiger partial charge is 0.151 e. The maximum atomic E-state index is 4.47. The predicted octanol–water partition coefficient (Wildman–Crippen LogP) is 3.11. The van der Waals surface area contributed by atoms with Crippen molar-refractivity contribution >= 4 is 5.82 Å². The summed E-state index contributed by atoms with van der Waals surface area (Å²) in [5.74, 6) is 2.44. The van der Waals surface area contributed by atoms with Gasteiger partial charge in [-0.3, -0.25) is 9.88 Å². The Balaban J connectivity index is 1.21. The Morgan fingerprint density at radius 1 is 0.741 bits per heavy atom. The fourth-order valence-electron chi connectivity index (χ4n) is 4.39. The summed E-state index contributed by atoms with van der Waals surface area (Å²) in [7, 11) is 0. The molecule has 0 bridgehead atoms. The van der Waals surface area contributed by atoms with Crippen LogP contribution in [0.25, 0.3) is 11.4 Å². The van der Waals surface area contributed by atoms with Crippen molar-refractivity contribution in [3.05, 3.63) is 72.4 Å². The van der Waals surface area contributed by atoms with Gasteiger partial charge in [0, 0.05) is 38.9 Å². The lowest BCUT2D eigenvalue weighted by molar-refractivity contribution is 0.309. The van der Waals surface area contributed by atoms with E-state index in [-0.39, 0.29) is 0 Å². The van der Waals surface area contributed by atoms with Crippen LogP contribution < -0.4 is 4.90 Å². The fourth-order valence-corrected chi connectivity index (χ4v) is 4.39. The first-order valence-electron chi connectivity index (χ1n) is 9.61. The molecule has 2 aromatic heterocycles. The van der Waals surface area contributed by atoms with Crippen LogP contribution in [0.15, 0.2) is 66.9 Å². The Bertz CT molecular complexity index is 868. The number of anilines is 1. The molecule has 5 nitrogen and oxygen atoms in total. The summed E-state index contributed by atoms with van der Waals surface area (Å²) < 4.78 is 0. The third-order valence-electron chi connectivity index (χ3n) is 5.71. The minimum Gasteiger partial charge on any atom is -0.354 e. The lowest BCUT2D eigenvalue weighted by Gasteiger charge is -2.22. The molecule has 0 unspecified atom stereocenters. The molecule has 136 valence electrons. The molecule has 5 heteroatoms. The topological polar surface area (TPSA) is 45.2 Å². The summed E-state index contributed by atoms with van der Waals surface area (Å²) in [5, 5.41) is 8.87. The van der Waals surface area contributed by atoms with Gasteiger partial charge in [-0.25, -0.2) is 0 Å². The van der Waals surface area contributed by atoms with Crippen LogP contribution in [0.3, 0.4) is 0 Å². The van der Waals surface area contributed by atoms with Gasteiger partial charge in [0.15, 0.2) is 5.82 Å². The molecule has 27 heavy (non-hydrogen) atoms. The van der Waals surface area contributed by atoms with Gasteiger partial charge >= 0.3 is 0 Å². The second-order valence-corrected chi connectivity index (χ2v) is 7.60. The molecule has 2 aliphatic heterocycles. The van der Waals surface area contributed by atoms with Crippen LogP contribution in [-0.2, 0) is 6.54 Å². The van der Waals surface area contributed by atoms with Crippen LogP contribution in [0.5, 0.6) is 0 Å². The highest BCUT2D eigenvalue weighted by Crippen LogP contribution is 2.34. The van der Waals surface area contributed by atoms with Gasteiger partial charge < -0.3 is 4.90 Å². The molecule has 1 aromatic carbocycles. The summed E-state index contributed by atoms with van der Waals surface area (Å²) in [6.45, 7) is 5.57. The molecule has 2 saturated heterocycles. The summed E-state index contributed by atoms with van der Waals surface area (Å²) in [6.07, 6.45) is 1.79. The van der Waals surface area contributed by atoms with E-state index in [0.717, 1.165) is 48.7 Å². The number of benzene rings is 1. The van der Waals surface area contributed by atoms with Crippen molar-refractivity contribution in [2.24, 2.45) is 11.8 Å². The van der Waals surface area contributed by atoms with Crippen LogP contribution in [0.2, 0.25) is 0 Å². The van der Waals surface area contributed by atoms with Gasteiger partial charge in [0.2, 0.25) is 0 Å². The molecular formula is C22H23N5. The lowest BCUT2D eigenvalue weighted by Crippen LogP contribution is -2.29. The Kier molecular flexibility index (Phi) is 4.30. The van der Waals surface area contributed by atoms with Crippen molar-refractivity contribution in [3.63, 3.8) is 0 Å². The van der Waals surface area contributed by atoms with Crippen LogP contribution in [0.1, 0.15) is 5.56 Å². The first-order valence-corrected chi connectivity index (χ1v) is 9.61. The van der Waals surface area contributed by atoms with Crippen molar-refractivity contribution in [1.82, 2.24) is 20.1 Å². The summed E-state index contributed by atoms with van der Waals surface area (Å²) >= 11 is 0. The van der Waals surface area contributed by atoms with Gasteiger partial charge in [-0.15, -0.1) is 10.2 Å². The van der Waals surface area contributed by atoms with E-state index < -0.39 is 0 Å². The summed E-state index contributed by atoms with van der Waals surface area (Å²) in [4.78, 5) is 9.33. The highest BCUT2D eigenvalue weighted by molar-refractivity contribution is 5.55. The number of nitrogens with zero attached hydrogens (tertiary/aromatic N) is 5. The van der Waals surface area contributed by atoms with Crippen molar-refractivity contribution < 1.29 is 0 Å². The number of hydrogen-bond acceptors (Lipinski definition) is 5. The van der Waals surface area contributed by atoms with Gasteiger partial charge in [0.25, 0.3) is 0 Å². The first kappa shape index (κ1) is 16.4. The Morgan fingerprint density at radius 2 is 1.52 bits per heavy atom. The van der Waals surface area contributed by atoms with E-state index in [4.69, 9.17) is 0 Å². The minimum atomic E-state index is 0.728. The lowest BCUT2D eigenvalue weighted by atomic mass is 10.0. The zero-order valence-corrected chi connectivity index (χ0v) is 15.3. The molecule has 0 amide bonds. The summed E-state index contributed by atoms with van der Waals surface area (Å²) in [6, 6.07) is 20.7. The first-order chi connectivity index (χ1) is 13.3. The fraction of sp³-hybridized carbons (Fsp3) is 0.318. The Hall–Kier alpha value is -2.79. The van der Waals surface area contributed by atoms with Crippen molar-refractivity contribution in [3.8, 4) is 11.4 Å². The number of aromatic nitrogens is 3. The molecule has 3 aromatic rings. The van der Waals surface area contributed by atoms with E-state index in [1.54, 1.807) is 6.20 Å². The molecule has 2 aliphatic rings. The molecule has 0 aliphatic carbocycles. The number of likely N-dealkylation sites (tertiary alicyclic amines) is 1. The molecule has 0 radical (unpaired) electrons. The van der Waals surface area contributed by atoms with E-state index in [0.29, 0.717) is 0 Å². The quantitative estimate of drug-likeness (QED) is 0.718. The molecule has 0 N–H and O–H groups in total. The van der Waals surface area contributed by atoms with E-state index in [2.05, 4.69) is 61.4 Å². The summed E-state index contributed by atoms with van der Waals surface area (Å²) in [5.41, 5.74) is 3.10. The monoisotopic (exact) mass is 357 g/mol. The standard InChI is InChI=1S/C22H23N5/c1-2-6-17(7-3-1)12-26-13-18-15-27(16-19(18)14-26)22-10-9-21(24-25-22)20-8-4-5-11-23-20/h1-11,18-19H,12-16H2/t18-,19+. The third-order valence-corrected chi connectivity index (χ3v) is 5.71. The molecule has 0 spiro atoms. The zero-order valence-electron chi connectivity index (χ0n) is 15.3. The van der Waals surface area contributed by atoms with Gasteiger partial charge in [0.1, 0.15) is 5.69 Å². The van der Waals surface area contributed by atoms with E-state index in [1.807, 2.05) is 24.3 Å². The van der Waals surface area contributed by atoms with Gasteiger partial charge in [-0.05, 0) is 41.7 Å². The maximum Gasteiger partial charge on any atom is 0.151 e. The molecular weight excluding hydrogens is 334 g/mol. The largest absolute Gasteiger partial charge is 0.354 e. The highest BCUT2D eigenvalue weighted by atomic mass is 15.3. The Labute approximate surface area is 159 Å². The van der Waals surface area contributed by atoms with Crippen LogP contribution in [-0.4, -0.2) is 46.3 Å². The molecule has 2 fully saturated rings. The average molecular weight is 357 g/mol. The van der Waals surface area contributed by atoms with Crippen LogP contribution in [0.4, 0.5) is 5.82 Å². The predicted molar refractivity (Wildman–Crippen MR) is 106 cm³/mol. The normalized spacial score (nSPS) is 22.1. The van der Waals surface area contributed by atoms with Crippen molar-refractivity contribution in [1.29, 1.82) is 0 Å². The maximum absolute atomic E-state index is 4.47. The second kappa shape index (κ2) is 7.08. The molecule has 0 saturated carbocycles. The Morgan fingerprint density at radius 3 is 2.19 bits per heavy atom. The number of rotatable bonds is 4. The molecule has 4 heterocycles. The van der Waals surface area contributed by atoms with E-state index in [1.165, 1.54) is 18.7 Å². The number of fused-ring (bicyclic) bond motifs is 1. The minimum absolute atomic E-state index is 0.728. The highest BCUT2D eigenvalue weighted by Gasteiger charge is 2.40. The van der Waals surface area contributed by atoms with Gasteiger partial charge in [-0.2, -0.15) is 0 Å². The third kappa shape index (κ3) is 3.43.